The Kier molecular flexibility index (Phi) is 2.96. The summed E-state index contributed by atoms with van der Waals surface area (Å²) in [5.41, 5.74) is -1.43. The van der Waals surface area contributed by atoms with Crippen LogP contribution in [0.2, 0.25) is 0 Å². The first kappa shape index (κ1) is 13.3. The first-order chi connectivity index (χ1) is 8.73. The number of amides is 2. The lowest BCUT2D eigenvalue weighted by Crippen LogP contribution is -2.49. The van der Waals surface area contributed by atoms with Crippen molar-refractivity contribution in [2.24, 2.45) is 5.41 Å². The van der Waals surface area contributed by atoms with Crippen molar-refractivity contribution in [3.63, 3.8) is 0 Å². The molecular formula is C13H16N2O4. The molecule has 1 aromatic rings. The van der Waals surface area contributed by atoms with Crippen LogP contribution in [0, 0.1) is 5.41 Å². The lowest BCUT2D eigenvalue weighted by molar-refractivity contribution is -0.137. The summed E-state index contributed by atoms with van der Waals surface area (Å²) < 4.78 is 1.49. The molecule has 0 aliphatic carbocycles. The number of pyridine rings is 1. The smallest absolute Gasteiger partial charge is 0.281 e. The molecule has 0 aromatic carbocycles. The van der Waals surface area contributed by atoms with Gasteiger partial charge in [0.2, 0.25) is 11.3 Å². The normalized spacial score (nSPS) is 15.3. The maximum Gasteiger partial charge on any atom is 0.281 e. The molecule has 0 bridgehead atoms. The van der Waals surface area contributed by atoms with E-state index in [1.165, 1.54) is 16.8 Å². The number of carbonyl (C=O) groups is 2. The number of hydrogen-bond donors (Lipinski definition) is 1. The van der Waals surface area contributed by atoms with E-state index < -0.39 is 22.5 Å². The zero-order chi connectivity index (χ0) is 14.4. The van der Waals surface area contributed by atoms with Crippen molar-refractivity contribution in [1.29, 1.82) is 0 Å². The van der Waals surface area contributed by atoms with Crippen molar-refractivity contribution in [3.05, 3.63) is 28.2 Å². The quantitative estimate of drug-likeness (QED) is 0.743. The molecule has 0 saturated heterocycles. The maximum absolute atomic E-state index is 12.3. The van der Waals surface area contributed by atoms with Crippen LogP contribution in [0.1, 0.15) is 31.3 Å². The fourth-order valence-corrected chi connectivity index (χ4v) is 2.01. The minimum absolute atomic E-state index is 0.114. The van der Waals surface area contributed by atoms with Gasteiger partial charge in [-0.2, -0.15) is 0 Å². The Hall–Kier alpha value is -2.11. The summed E-state index contributed by atoms with van der Waals surface area (Å²) in [5.74, 6) is -1.54. The van der Waals surface area contributed by atoms with Gasteiger partial charge >= 0.3 is 0 Å². The van der Waals surface area contributed by atoms with E-state index in [9.17, 15) is 19.5 Å². The van der Waals surface area contributed by atoms with Crippen LogP contribution in [-0.2, 0) is 11.3 Å². The molecule has 2 rings (SSSR count). The van der Waals surface area contributed by atoms with Crippen molar-refractivity contribution in [3.8, 4) is 5.75 Å². The number of hydrogen-bond acceptors (Lipinski definition) is 4. The van der Waals surface area contributed by atoms with Crippen LogP contribution < -0.4 is 5.43 Å². The van der Waals surface area contributed by atoms with Crippen LogP contribution in [0.15, 0.2) is 17.1 Å². The summed E-state index contributed by atoms with van der Waals surface area (Å²) in [6.07, 6.45) is 1.45. The van der Waals surface area contributed by atoms with Crippen LogP contribution in [-0.4, -0.2) is 32.9 Å². The molecule has 19 heavy (non-hydrogen) atoms. The number of aromatic nitrogens is 1. The highest BCUT2D eigenvalue weighted by Gasteiger charge is 2.36. The first-order valence-electron chi connectivity index (χ1n) is 6.02. The Morgan fingerprint density at radius 2 is 1.89 bits per heavy atom. The molecule has 0 radical (unpaired) electrons. The van der Waals surface area contributed by atoms with Crippen LogP contribution in [0.3, 0.4) is 0 Å². The van der Waals surface area contributed by atoms with E-state index >= 15 is 0 Å². The summed E-state index contributed by atoms with van der Waals surface area (Å²) in [7, 11) is 0. The van der Waals surface area contributed by atoms with Crippen molar-refractivity contribution < 1.29 is 14.7 Å². The van der Waals surface area contributed by atoms with Gasteiger partial charge in [0, 0.05) is 30.8 Å². The SMILES string of the molecule is CC(C)(C)C(=O)N1CCn2ccc(=O)c(O)c2C1=O. The second-order valence-corrected chi connectivity index (χ2v) is 5.58. The Bertz CT molecular complexity index is 610. The number of rotatable bonds is 0. The third kappa shape index (κ3) is 2.14. The van der Waals surface area contributed by atoms with E-state index in [4.69, 9.17) is 0 Å². The Morgan fingerprint density at radius 3 is 2.47 bits per heavy atom. The molecule has 1 aromatic heterocycles. The minimum Gasteiger partial charge on any atom is -0.503 e. The molecule has 0 unspecified atom stereocenters. The van der Waals surface area contributed by atoms with Crippen molar-refractivity contribution in [2.75, 3.05) is 6.54 Å². The highest BCUT2D eigenvalue weighted by Crippen LogP contribution is 2.24. The third-order valence-electron chi connectivity index (χ3n) is 3.05. The second kappa shape index (κ2) is 4.22. The molecule has 1 aliphatic rings. The predicted molar refractivity (Wildman–Crippen MR) is 67.9 cm³/mol. The van der Waals surface area contributed by atoms with Crippen molar-refractivity contribution in [2.45, 2.75) is 27.3 Å². The van der Waals surface area contributed by atoms with Crippen molar-refractivity contribution in [1.82, 2.24) is 9.47 Å². The van der Waals surface area contributed by atoms with Gasteiger partial charge in [-0.3, -0.25) is 19.3 Å². The highest BCUT2D eigenvalue weighted by atomic mass is 16.3. The van der Waals surface area contributed by atoms with Gasteiger partial charge in [-0.05, 0) is 0 Å². The standard InChI is InChI=1S/C13H16N2O4/c1-13(2,3)12(19)15-7-6-14-5-4-8(16)10(17)9(14)11(15)18/h4-5,17H,6-7H2,1-3H3. The number of nitrogens with zero attached hydrogens (tertiary/aromatic N) is 2. The largest absolute Gasteiger partial charge is 0.503 e. The molecule has 0 fully saturated rings. The first-order valence-corrected chi connectivity index (χ1v) is 6.02. The van der Waals surface area contributed by atoms with Gasteiger partial charge in [0.05, 0.1) is 0 Å². The Labute approximate surface area is 110 Å². The monoisotopic (exact) mass is 264 g/mol. The Morgan fingerprint density at radius 1 is 1.26 bits per heavy atom. The summed E-state index contributed by atoms with van der Waals surface area (Å²) in [5, 5.41) is 9.72. The van der Waals surface area contributed by atoms with Crippen molar-refractivity contribution >= 4 is 11.8 Å². The summed E-state index contributed by atoms with van der Waals surface area (Å²) in [6, 6.07) is 1.20. The lowest BCUT2D eigenvalue weighted by Gasteiger charge is -2.32. The van der Waals surface area contributed by atoms with Gasteiger partial charge in [0.1, 0.15) is 0 Å². The molecule has 1 N–H and O–H groups in total. The van der Waals surface area contributed by atoms with Crippen LogP contribution in [0.4, 0.5) is 0 Å². The highest BCUT2D eigenvalue weighted by molar-refractivity contribution is 6.06. The summed E-state index contributed by atoms with van der Waals surface area (Å²) in [4.78, 5) is 36.9. The third-order valence-corrected chi connectivity index (χ3v) is 3.05. The number of aromatic hydroxyl groups is 1. The molecule has 1 aliphatic heterocycles. The fourth-order valence-electron chi connectivity index (χ4n) is 2.01. The fraction of sp³-hybridized carbons (Fsp3) is 0.462. The second-order valence-electron chi connectivity index (χ2n) is 5.58. The molecule has 0 spiro atoms. The molecule has 102 valence electrons. The van der Waals surface area contributed by atoms with Gasteiger partial charge in [-0.1, -0.05) is 20.8 Å². The van der Waals surface area contributed by atoms with E-state index in [1.807, 2.05) is 0 Å². The van der Waals surface area contributed by atoms with Crippen LogP contribution in [0.25, 0.3) is 0 Å². The number of imide groups is 1. The van der Waals surface area contributed by atoms with E-state index in [2.05, 4.69) is 0 Å². The van der Waals surface area contributed by atoms with Gasteiger partial charge in [0.15, 0.2) is 11.4 Å². The molecule has 0 saturated carbocycles. The predicted octanol–water partition coefficient (Wildman–Crippen LogP) is 0.582. The van der Waals surface area contributed by atoms with E-state index in [1.54, 1.807) is 20.8 Å². The lowest BCUT2D eigenvalue weighted by atomic mass is 9.94. The Balaban J connectivity index is 2.48. The van der Waals surface area contributed by atoms with Gasteiger partial charge in [-0.25, -0.2) is 0 Å². The molecular weight excluding hydrogens is 248 g/mol. The molecule has 0 atom stereocenters. The molecule has 2 heterocycles. The van der Waals surface area contributed by atoms with Crippen LogP contribution in [0.5, 0.6) is 5.75 Å². The average molecular weight is 264 g/mol. The molecule has 2 amide bonds. The van der Waals surface area contributed by atoms with Gasteiger partial charge in [0.25, 0.3) is 5.91 Å². The zero-order valence-corrected chi connectivity index (χ0v) is 11.1. The van der Waals surface area contributed by atoms with Gasteiger partial charge in [-0.15, -0.1) is 0 Å². The zero-order valence-electron chi connectivity index (χ0n) is 11.1. The molecule has 6 heteroatoms. The summed E-state index contributed by atoms with van der Waals surface area (Å²) >= 11 is 0. The maximum atomic E-state index is 12.3. The van der Waals surface area contributed by atoms with Crippen LogP contribution >= 0.6 is 0 Å². The minimum atomic E-state index is -0.692. The van der Waals surface area contributed by atoms with E-state index in [-0.39, 0.29) is 18.1 Å². The number of carbonyl (C=O) groups excluding carboxylic acids is 2. The van der Waals surface area contributed by atoms with E-state index in [0.29, 0.717) is 6.54 Å². The van der Waals surface area contributed by atoms with Gasteiger partial charge < -0.3 is 9.67 Å². The molecule has 6 nitrogen and oxygen atoms in total. The topological polar surface area (TPSA) is 79.6 Å². The van der Waals surface area contributed by atoms with E-state index in [0.717, 1.165) is 4.90 Å². The average Bonchev–Trinajstić information content (AvgIpc) is 2.32. The number of fused-ring (bicyclic) bond motifs is 1. The summed E-state index contributed by atoms with van der Waals surface area (Å²) in [6.45, 7) is 5.76.